The fraction of sp³-hybridized carbons (Fsp3) is 0.455. The van der Waals surface area contributed by atoms with Gasteiger partial charge in [0.05, 0.1) is 0 Å². The molecule has 0 saturated carbocycles. The minimum Gasteiger partial charge on any atom is -0.508 e. The molecule has 2 rings (SSSR count). The molecule has 1 aromatic carbocycles. The number of hydrogen-bond acceptors (Lipinski definition) is 2. The molecule has 1 fully saturated rings. The number of rotatable bonds is 1. The summed E-state index contributed by atoms with van der Waals surface area (Å²) in [6.45, 7) is 3.05. The highest BCUT2D eigenvalue weighted by Gasteiger charge is 2.16. The first-order chi connectivity index (χ1) is 6.27. The summed E-state index contributed by atoms with van der Waals surface area (Å²) in [6, 6.07) is 6.35. The zero-order valence-electron chi connectivity index (χ0n) is 7.88. The van der Waals surface area contributed by atoms with Crippen LogP contribution in [-0.2, 0) is 0 Å². The Morgan fingerprint density at radius 2 is 2.31 bits per heavy atom. The third-order valence-corrected chi connectivity index (χ3v) is 2.68. The Labute approximate surface area is 78.6 Å². The monoisotopic (exact) mass is 177 g/mol. The Balaban J connectivity index is 2.25. The molecule has 1 saturated heterocycles. The van der Waals surface area contributed by atoms with Crippen LogP contribution >= 0.6 is 0 Å². The van der Waals surface area contributed by atoms with Crippen LogP contribution in [0.3, 0.4) is 0 Å². The molecule has 2 heteroatoms. The van der Waals surface area contributed by atoms with E-state index in [9.17, 15) is 5.11 Å². The Hall–Kier alpha value is -1.02. The number of phenolic OH excluding ortho intramolecular Hbond substituents is 1. The van der Waals surface area contributed by atoms with Crippen LogP contribution in [0.1, 0.15) is 30.0 Å². The van der Waals surface area contributed by atoms with Gasteiger partial charge in [0.1, 0.15) is 5.75 Å². The van der Waals surface area contributed by atoms with Crippen LogP contribution in [0.25, 0.3) is 0 Å². The van der Waals surface area contributed by atoms with E-state index in [0.29, 0.717) is 11.8 Å². The number of nitrogens with one attached hydrogen (secondary N) is 1. The predicted molar refractivity (Wildman–Crippen MR) is 52.8 cm³/mol. The number of benzene rings is 1. The van der Waals surface area contributed by atoms with Gasteiger partial charge in [-0.25, -0.2) is 0 Å². The van der Waals surface area contributed by atoms with Crippen LogP contribution in [0, 0.1) is 6.92 Å². The van der Waals surface area contributed by atoms with E-state index in [0.717, 1.165) is 12.1 Å². The molecule has 0 radical (unpaired) electrons. The molecule has 2 nitrogen and oxygen atoms in total. The summed E-state index contributed by atoms with van der Waals surface area (Å²) < 4.78 is 0. The Kier molecular flexibility index (Phi) is 2.23. The van der Waals surface area contributed by atoms with Crippen molar-refractivity contribution in [1.82, 2.24) is 5.32 Å². The lowest BCUT2D eigenvalue weighted by Gasteiger charge is -2.11. The van der Waals surface area contributed by atoms with E-state index in [1.54, 1.807) is 6.07 Å². The summed E-state index contributed by atoms with van der Waals surface area (Å²) in [6.07, 6.45) is 2.47. The first-order valence-corrected chi connectivity index (χ1v) is 4.80. The molecule has 0 spiro atoms. The lowest BCUT2D eigenvalue weighted by molar-refractivity contribution is 0.470. The molecule has 1 aromatic rings. The van der Waals surface area contributed by atoms with Gasteiger partial charge >= 0.3 is 0 Å². The van der Waals surface area contributed by atoms with Crippen molar-refractivity contribution in [2.75, 3.05) is 6.54 Å². The lowest BCUT2D eigenvalue weighted by Crippen LogP contribution is -2.12. The van der Waals surface area contributed by atoms with Gasteiger partial charge in [0.15, 0.2) is 0 Å². The lowest BCUT2D eigenvalue weighted by atomic mass is 10.0. The van der Waals surface area contributed by atoms with Crippen molar-refractivity contribution >= 4 is 0 Å². The zero-order chi connectivity index (χ0) is 9.26. The van der Waals surface area contributed by atoms with Gasteiger partial charge in [-0.15, -0.1) is 0 Å². The second-order valence-corrected chi connectivity index (χ2v) is 3.69. The molecule has 0 bridgehead atoms. The van der Waals surface area contributed by atoms with Gasteiger partial charge in [0.2, 0.25) is 0 Å². The van der Waals surface area contributed by atoms with Gasteiger partial charge in [0.25, 0.3) is 0 Å². The molecule has 13 heavy (non-hydrogen) atoms. The van der Waals surface area contributed by atoms with E-state index in [2.05, 4.69) is 11.4 Å². The molecule has 1 heterocycles. The Morgan fingerprint density at radius 1 is 1.46 bits per heavy atom. The van der Waals surface area contributed by atoms with Crippen molar-refractivity contribution in [3.8, 4) is 5.75 Å². The van der Waals surface area contributed by atoms with Crippen LogP contribution in [0.4, 0.5) is 0 Å². The van der Waals surface area contributed by atoms with Gasteiger partial charge < -0.3 is 10.4 Å². The van der Waals surface area contributed by atoms with Crippen LogP contribution in [0.2, 0.25) is 0 Å². The SMILES string of the molecule is Cc1cc(C2CCCN2)ccc1O. The van der Waals surface area contributed by atoms with Gasteiger partial charge in [-0.2, -0.15) is 0 Å². The number of phenols is 1. The summed E-state index contributed by atoms with van der Waals surface area (Å²) >= 11 is 0. The van der Waals surface area contributed by atoms with Gasteiger partial charge in [0, 0.05) is 6.04 Å². The summed E-state index contributed by atoms with van der Waals surface area (Å²) in [4.78, 5) is 0. The molecule has 1 atom stereocenters. The maximum Gasteiger partial charge on any atom is 0.118 e. The first-order valence-electron chi connectivity index (χ1n) is 4.80. The highest BCUT2D eigenvalue weighted by molar-refractivity contribution is 5.36. The number of aromatic hydroxyl groups is 1. The van der Waals surface area contributed by atoms with Crippen molar-refractivity contribution in [3.05, 3.63) is 29.3 Å². The molecule has 70 valence electrons. The molecule has 0 aliphatic carbocycles. The summed E-state index contributed by atoms with van der Waals surface area (Å²) in [5.41, 5.74) is 2.26. The standard InChI is InChI=1S/C11H15NO/c1-8-7-9(4-5-11(8)13)10-3-2-6-12-10/h4-5,7,10,12-13H,2-3,6H2,1H3. The first kappa shape index (κ1) is 8.57. The second-order valence-electron chi connectivity index (χ2n) is 3.69. The second kappa shape index (κ2) is 3.38. The van der Waals surface area contributed by atoms with Crippen molar-refractivity contribution in [1.29, 1.82) is 0 Å². The van der Waals surface area contributed by atoms with Gasteiger partial charge in [-0.05, 0) is 43.5 Å². The van der Waals surface area contributed by atoms with E-state index in [-0.39, 0.29) is 0 Å². The molecular formula is C11H15NO. The Bertz CT molecular complexity index is 303. The molecule has 1 aliphatic rings. The van der Waals surface area contributed by atoms with E-state index in [4.69, 9.17) is 0 Å². The molecule has 1 aliphatic heterocycles. The summed E-state index contributed by atoms with van der Waals surface area (Å²) in [5.74, 6) is 0.391. The number of hydrogen-bond donors (Lipinski definition) is 2. The zero-order valence-corrected chi connectivity index (χ0v) is 7.88. The predicted octanol–water partition coefficient (Wildman–Crippen LogP) is 2.13. The van der Waals surface area contributed by atoms with Crippen molar-refractivity contribution in [2.24, 2.45) is 0 Å². The molecule has 0 amide bonds. The van der Waals surface area contributed by atoms with Crippen LogP contribution in [0.15, 0.2) is 18.2 Å². The largest absolute Gasteiger partial charge is 0.508 e. The number of aryl methyl sites for hydroxylation is 1. The van der Waals surface area contributed by atoms with E-state index in [1.165, 1.54) is 18.4 Å². The highest BCUT2D eigenvalue weighted by Crippen LogP contribution is 2.26. The van der Waals surface area contributed by atoms with E-state index >= 15 is 0 Å². The average Bonchev–Trinajstić information content (AvgIpc) is 2.62. The van der Waals surface area contributed by atoms with Gasteiger partial charge in [-0.3, -0.25) is 0 Å². The molecular weight excluding hydrogens is 162 g/mol. The summed E-state index contributed by atoms with van der Waals surface area (Å²) in [5, 5.41) is 12.8. The molecule has 1 unspecified atom stereocenters. The maximum atomic E-state index is 9.37. The van der Waals surface area contributed by atoms with E-state index < -0.39 is 0 Å². The van der Waals surface area contributed by atoms with Crippen molar-refractivity contribution in [3.63, 3.8) is 0 Å². The van der Waals surface area contributed by atoms with Crippen LogP contribution in [-0.4, -0.2) is 11.7 Å². The van der Waals surface area contributed by atoms with Crippen molar-refractivity contribution < 1.29 is 5.11 Å². The third kappa shape index (κ3) is 1.68. The smallest absolute Gasteiger partial charge is 0.118 e. The average molecular weight is 177 g/mol. The Morgan fingerprint density at radius 3 is 2.92 bits per heavy atom. The molecule has 0 aromatic heterocycles. The van der Waals surface area contributed by atoms with Crippen molar-refractivity contribution in [2.45, 2.75) is 25.8 Å². The van der Waals surface area contributed by atoms with Crippen LogP contribution in [0.5, 0.6) is 5.75 Å². The highest BCUT2D eigenvalue weighted by atomic mass is 16.3. The quantitative estimate of drug-likeness (QED) is 0.688. The third-order valence-electron chi connectivity index (χ3n) is 2.68. The van der Waals surface area contributed by atoms with E-state index in [1.807, 2.05) is 13.0 Å². The van der Waals surface area contributed by atoms with Gasteiger partial charge in [-0.1, -0.05) is 12.1 Å². The van der Waals surface area contributed by atoms with Crippen LogP contribution < -0.4 is 5.32 Å². The normalized spacial score (nSPS) is 22.1. The minimum atomic E-state index is 0.391. The fourth-order valence-electron chi connectivity index (χ4n) is 1.86. The summed E-state index contributed by atoms with van der Waals surface area (Å²) in [7, 11) is 0. The fourth-order valence-corrected chi connectivity index (χ4v) is 1.86. The molecule has 2 N–H and O–H groups in total. The minimum absolute atomic E-state index is 0.391. The topological polar surface area (TPSA) is 32.3 Å². The maximum absolute atomic E-state index is 9.37.